The molecular weight excluding hydrogens is 216 g/mol. The van der Waals surface area contributed by atoms with Crippen molar-refractivity contribution in [3.8, 4) is 0 Å². The Bertz CT molecular complexity index is 370. The molecule has 3 heteroatoms. The van der Waals surface area contributed by atoms with Crippen molar-refractivity contribution in [1.82, 2.24) is 0 Å². The fourth-order valence-corrected chi connectivity index (χ4v) is 2.00. The minimum Gasteiger partial charge on any atom is -0.396 e. The van der Waals surface area contributed by atoms with Gasteiger partial charge in [-0.15, -0.1) is 0 Å². The Morgan fingerprint density at radius 2 is 2.00 bits per heavy atom. The molecule has 3 nitrogen and oxygen atoms in total. The van der Waals surface area contributed by atoms with Gasteiger partial charge in [0.05, 0.1) is 6.61 Å². The molecule has 1 heterocycles. The molecule has 1 saturated heterocycles. The van der Waals surface area contributed by atoms with Crippen LogP contribution in [0.4, 0.5) is 0 Å². The average molecular weight is 236 g/mol. The SMILES string of the molecule is CC(CO)c1ccc(C2COC(C)(C)O2)cc1. The quantitative estimate of drug-likeness (QED) is 0.876. The first kappa shape index (κ1) is 12.6. The molecular formula is C14H20O3. The monoisotopic (exact) mass is 236 g/mol. The van der Waals surface area contributed by atoms with Crippen LogP contribution in [0.25, 0.3) is 0 Å². The van der Waals surface area contributed by atoms with Crippen LogP contribution in [0, 0.1) is 0 Å². The van der Waals surface area contributed by atoms with E-state index < -0.39 is 5.79 Å². The van der Waals surface area contributed by atoms with Crippen LogP contribution in [0.5, 0.6) is 0 Å². The lowest BCUT2D eigenvalue weighted by Crippen LogP contribution is -2.19. The minimum atomic E-state index is -0.484. The minimum absolute atomic E-state index is 0.0171. The molecule has 2 rings (SSSR count). The molecule has 0 spiro atoms. The third-order valence-electron chi connectivity index (χ3n) is 3.16. The van der Waals surface area contributed by atoms with Crippen molar-refractivity contribution in [2.75, 3.05) is 13.2 Å². The fraction of sp³-hybridized carbons (Fsp3) is 0.571. The molecule has 1 aliphatic heterocycles. The van der Waals surface area contributed by atoms with E-state index in [0.29, 0.717) is 6.61 Å². The van der Waals surface area contributed by atoms with E-state index >= 15 is 0 Å². The maximum Gasteiger partial charge on any atom is 0.163 e. The highest BCUT2D eigenvalue weighted by atomic mass is 16.7. The van der Waals surface area contributed by atoms with Gasteiger partial charge in [0.25, 0.3) is 0 Å². The standard InChI is InChI=1S/C14H20O3/c1-10(8-15)11-4-6-12(7-5-11)13-9-16-14(2,3)17-13/h4-7,10,13,15H,8-9H2,1-3H3. The molecule has 1 aromatic carbocycles. The molecule has 1 fully saturated rings. The Labute approximate surface area is 102 Å². The smallest absolute Gasteiger partial charge is 0.163 e. The van der Waals surface area contributed by atoms with Crippen LogP contribution < -0.4 is 0 Å². The predicted octanol–water partition coefficient (Wildman–Crippen LogP) is 2.61. The Hall–Kier alpha value is -0.900. The number of benzene rings is 1. The van der Waals surface area contributed by atoms with Gasteiger partial charge in [0, 0.05) is 12.5 Å². The Balaban J connectivity index is 2.09. The molecule has 1 aromatic rings. The van der Waals surface area contributed by atoms with Gasteiger partial charge in [-0.2, -0.15) is 0 Å². The zero-order chi connectivity index (χ0) is 12.5. The number of hydrogen-bond donors (Lipinski definition) is 1. The van der Waals surface area contributed by atoms with Crippen molar-refractivity contribution >= 4 is 0 Å². The average Bonchev–Trinajstić information content (AvgIpc) is 2.69. The summed E-state index contributed by atoms with van der Waals surface area (Å²) in [6.07, 6.45) is 0.0171. The van der Waals surface area contributed by atoms with Crippen LogP contribution in [0.1, 0.15) is 43.9 Å². The van der Waals surface area contributed by atoms with Crippen LogP contribution in [0.15, 0.2) is 24.3 Å². The summed E-state index contributed by atoms with van der Waals surface area (Å²) < 4.78 is 11.3. The zero-order valence-electron chi connectivity index (χ0n) is 10.6. The van der Waals surface area contributed by atoms with Crippen molar-refractivity contribution in [2.24, 2.45) is 0 Å². The molecule has 0 aliphatic carbocycles. The molecule has 2 unspecified atom stereocenters. The molecule has 0 saturated carbocycles. The normalized spacial score (nSPS) is 24.8. The summed E-state index contributed by atoms with van der Waals surface area (Å²) in [4.78, 5) is 0. The van der Waals surface area contributed by atoms with Crippen molar-refractivity contribution in [3.05, 3.63) is 35.4 Å². The number of hydrogen-bond acceptors (Lipinski definition) is 3. The van der Waals surface area contributed by atoms with Crippen molar-refractivity contribution < 1.29 is 14.6 Å². The van der Waals surface area contributed by atoms with Gasteiger partial charge >= 0.3 is 0 Å². The molecule has 94 valence electrons. The summed E-state index contributed by atoms with van der Waals surface area (Å²) >= 11 is 0. The number of rotatable bonds is 3. The Morgan fingerprint density at radius 1 is 1.35 bits per heavy atom. The van der Waals surface area contributed by atoms with Crippen molar-refractivity contribution in [3.63, 3.8) is 0 Å². The molecule has 17 heavy (non-hydrogen) atoms. The molecule has 0 radical (unpaired) electrons. The molecule has 2 atom stereocenters. The van der Waals surface area contributed by atoms with Gasteiger partial charge in [0.15, 0.2) is 5.79 Å². The van der Waals surface area contributed by atoms with E-state index in [9.17, 15) is 0 Å². The van der Waals surface area contributed by atoms with Gasteiger partial charge in [0.2, 0.25) is 0 Å². The number of aliphatic hydroxyl groups excluding tert-OH is 1. The highest BCUT2D eigenvalue weighted by Crippen LogP contribution is 2.33. The van der Waals surface area contributed by atoms with Gasteiger partial charge in [-0.25, -0.2) is 0 Å². The van der Waals surface area contributed by atoms with Crippen molar-refractivity contribution in [2.45, 2.75) is 38.6 Å². The summed E-state index contributed by atoms with van der Waals surface area (Å²) in [7, 11) is 0. The van der Waals surface area contributed by atoms with Gasteiger partial charge < -0.3 is 14.6 Å². The van der Waals surface area contributed by atoms with E-state index in [4.69, 9.17) is 14.6 Å². The van der Waals surface area contributed by atoms with E-state index in [2.05, 4.69) is 12.1 Å². The van der Waals surface area contributed by atoms with Crippen LogP contribution in [0.2, 0.25) is 0 Å². The second-order valence-electron chi connectivity index (χ2n) is 5.07. The first-order chi connectivity index (χ1) is 8.02. The largest absolute Gasteiger partial charge is 0.396 e. The van der Waals surface area contributed by atoms with Crippen LogP contribution >= 0.6 is 0 Å². The number of aliphatic hydroxyl groups is 1. The zero-order valence-corrected chi connectivity index (χ0v) is 10.6. The van der Waals surface area contributed by atoms with E-state index in [1.165, 1.54) is 0 Å². The van der Waals surface area contributed by atoms with Gasteiger partial charge in [0.1, 0.15) is 6.10 Å². The lowest BCUT2D eigenvalue weighted by Gasteiger charge is -2.17. The lowest BCUT2D eigenvalue weighted by molar-refractivity contribution is -0.139. The van der Waals surface area contributed by atoms with E-state index in [0.717, 1.165) is 11.1 Å². The Kier molecular flexibility index (Phi) is 3.52. The van der Waals surface area contributed by atoms with Crippen LogP contribution in [-0.2, 0) is 9.47 Å². The predicted molar refractivity (Wildman–Crippen MR) is 65.8 cm³/mol. The fourth-order valence-electron chi connectivity index (χ4n) is 2.00. The summed E-state index contributed by atoms with van der Waals surface area (Å²) in [6, 6.07) is 8.20. The van der Waals surface area contributed by atoms with Gasteiger partial charge in [-0.05, 0) is 25.0 Å². The lowest BCUT2D eigenvalue weighted by atomic mass is 9.99. The topological polar surface area (TPSA) is 38.7 Å². The van der Waals surface area contributed by atoms with E-state index in [1.54, 1.807) is 0 Å². The second kappa shape index (κ2) is 4.77. The van der Waals surface area contributed by atoms with E-state index in [1.807, 2.05) is 32.9 Å². The first-order valence-corrected chi connectivity index (χ1v) is 6.04. The van der Waals surface area contributed by atoms with Gasteiger partial charge in [-0.3, -0.25) is 0 Å². The summed E-state index contributed by atoms with van der Waals surface area (Å²) in [5.41, 5.74) is 2.28. The first-order valence-electron chi connectivity index (χ1n) is 6.04. The molecule has 0 amide bonds. The third-order valence-corrected chi connectivity index (χ3v) is 3.16. The van der Waals surface area contributed by atoms with Crippen LogP contribution in [0.3, 0.4) is 0 Å². The summed E-state index contributed by atoms with van der Waals surface area (Å²) in [6.45, 7) is 6.63. The van der Waals surface area contributed by atoms with Crippen LogP contribution in [-0.4, -0.2) is 24.1 Å². The number of ether oxygens (including phenoxy) is 2. The van der Waals surface area contributed by atoms with Gasteiger partial charge in [-0.1, -0.05) is 31.2 Å². The molecule has 0 aromatic heterocycles. The molecule has 1 N–H and O–H groups in total. The third kappa shape index (κ3) is 2.86. The summed E-state index contributed by atoms with van der Waals surface area (Å²) in [5.74, 6) is -0.303. The second-order valence-corrected chi connectivity index (χ2v) is 5.07. The molecule has 0 bridgehead atoms. The highest BCUT2D eigenvalue weighted by molar-refractivity contribution is 5.27. The molecule has 1 aliphatic rings. The maximum atomic E-state index is 9.09. The van der Waals surface area contributed by atoms with Crippen molar-refractivity contribution in [1.29, 1.82) is 0 Å². The highest BCUT2D eigenvalue weighted by Gasteiger charge is 2.33. The maximum absolute atomic E-state index is 9.09. The summed E-state index contributed by atoms with van der Waals surface area (Å²) in [5, 5.41) is 9.09. The van der Waals surface area contributed by atoms with E-state index in [-0.39, 0.29) is 18.6 Å². The Morgan fingerprint density at radius 3 is 2.47 bits per heavy atom.